The van der Waals surface area contributed by atoms with E-state index in [-0.39, 0.29) is 0 Å². The Morgan fingerprint density at radius 3 is 2.40 bits per heavy atom. The Morgan fingerprint density at radius 2 is 1.87 bits per heavy atom. The molecule has 1 aromatic carbocycles. The summed E-state index contributed by atoms with van der Waals surface area (Å²) in [5.41, 5.74) is 2.36. The fourth-order valence-corrected chi connectivity index (χ4v) is 1.39. The zero-order valence-electron chi connectivity index (χ0n) is 9.23. The van der Waals surface area contributed by atoms with E-state index in [1.165, 1.54) is 10.5 Å². The van der Waals surface area contributed by atoms with Gasteiger partial charge in [-0.3, -0.25) is 0 Å². The van der Waals surface area contributed by atoms with E-state index in [1.54, 1.807) is 11.8 Å². The standard InChI is InChI=1S/C14H16S/c1-4-13(11-10-12(2)15-3)14-8-6-5-7-9-14/h4-11H,1H2,2-3H3/b12-10+,13-11+. The van der Waals surface area contributed by atoms with E-state index >= 15 is 0 Å². The number of allylic oxidation sites excluding steroid dienone is 5. The molecule has 0 radical (unpaired) electrons. The summed E-state index contributed by atoms with van der Waals surface area (Å²) < 4.78 is 0. The number of rotatable bonds is 4. The average Bonchev–Trinajstić information content (AvgIpc) is 2.31. The first kappa shape index (κ1) is 11.9. The van der Waals surface area contributed by atoms with Crippen LogP contribution >= 0.6 is 11.8 Å². The van der Waals surface area contributed by atoms with Crippen LogP contribution in [0.25, 0.3) is 5.57 Å². The summed E-state index contributed by atoms with van der Waals surface area (Å²) in [6.07, 6.45) is 8.19. The summed E-state index contributed by atoms with van der Waals surface area (Å²) in [7, 11) is 0. The Kier molecular flexibility index (Phi) is 4.99. The van der Waals surface area contributed by atoms with Crippen LogP contribution in [0.2, 0.25) is 0 Å². The molecule has 0 N–H and O–H groups in total. The highest BCUT2D eigenvalue weighted by Crippen LogP contribution is 2.17. The molecule has 0 saturated heterocycles. The Balaban J connectivity index is 2.95. The Bertz CT molecular complexity index is 372. The van der Waals surface area contributed by atoms with Crippen LogP contribution in [0.5, 0.6) is 0 Å². The highest BCUT2D eigenvalue weighted by Gasteiger charge is 1.93. The monoisotopic (exact) mass is 216 g/mol. The van der Waals surface area contributed by atoms with Crippen molar-refractivity contribution in [3.63, 3.8) is 0 Å². The predicted molar refractivity (Wildman–Crippen MR) is 71.9 cm³/mol. The molecular formula is C14H16S. The first-order chi connectivity index (χ1) is 7.27. The van der Waals surface area contributed by atoms with Gasteiger partial charge in [-0.2, -0.15) is 0 Å². The van der Waals surface area contributed by atoms with Crippen molar-refractivity contribution < 1.29 is 0 Å². The van der Waals surface area contributed by atoms with Crippen molar-refractivity contribution in [2.75, 3.05) is 6.26 Å². The van der Waals surface area contributed by atoms with E-state index < -0.39 is 0 Å². The molecule has 0 aromatic heterocycles. The molecule has 0 bridgehead atoms. The Morgan fingerprint density at radius 1 is 1.20 bits per heavy atom. The zero-order chi connectivity index (χ0) is 11.1. The van der Waals surface area contributed by atoms with Crippen molar-refractivity contribution in [2.24, 2.45) is 0 Å². The van der Waals surface area contributed by atoms with Gasteiger partial charge < -0.3 is 0 Å². The third-order valence-electron chi connectivity index (χ3n) is 2.15. The van der Waals surface area contributed by atoms with Crippen molar-refractivity contribution in [1.82, 2.24) is 0 Å². The van der Waals surface area contributed by atoms with Gasteiger partial charge in [0.15, 0.2) is 0 Å². The molecule has 0 fully saturated rings. The van der Waals surface area contributed by atoms with Crippen LogP contribution in [0.4, 0.5) is 0 Å². The molecule has 0 atom stereocenters. The number of hydrogen-bond acceptors (Lipinski definition) is 1. The molecule has 0 nitrogen and oxygen atoms in total. The van der Waals surface area contributed by atoms with Gasteiger partial charge in [-0.25, -0.2) is 0 Å². The van der Waals surface area contributed by atoms with Crippen LogP contribution < -0.4 is 0 Å². The Hall–Kier alpha value is -1.21. The summed E-state index contributed by atoms with van der Waals surface area (Å²) in [5, 5.41) is 0. The number of thioether (sulfide) groups is 1. The van der Waals surface area contributed by atoms with Crippen molar-refractivity contribution in [3.05, 3.63) is 65.6 Å². The van der Waals surface area contributed by atoms with E-state index in [0.29, 0.717) is 0 Å². The van der Waals surface area contributed by atoms with Crippen molar-refractivity contribution >= 4 is 17.3 Å². The second-order valence-corrected chi connectivity index (χ2v) is 4.23. The van der Waals surface area contributed by atoms with Crippen LogP contribution in [0.3, 0.4) is 0 Å². The maximum absolute atomic E-state index is 3.84. The molecule has 15 heavy (non-hydrogen) atoms. The normalized spacial score (nSPS) is 12.7. The highest BCUT2D eigenvalue weighted by atomic mass is 32.2. The molecule has 0 unspecified atom stereocenters. The lowest BCUT2D eigenvalue weighted by molar-refractivity contribution is 1.61. The van der Waals surface area contributed by atoms with Crippen LogP contribution in [0.15, 0.2) is 60.0 Å². The summed E-state index contributed by atoms with van der Waals surface area (Å²) in [5.74, 6) is 0. The van der Waals surface area contributed by atoms with E-state index in [0.717, 1.165) is 5.57 Å². The smallest absolute Gasteiger partial charge is 0.0140 e. The first-order valence-corrected chi connectivity index (χ1v) is 6.11. The summed E-state index contributed by atoms with van der Waals surface area (Å²) in [6.45, 7) is 5.94. The average molecular weight is 216 g/mol. The minimum absolute atomic E-state index is 1.16. The molecule has 0 amide bonds. The maximum Gasteiger partial charge on any atom is -0.0140 e. The number of benzene rings is 1. The fourth-order valence-electron chi connectivity index (χ4n) is 1.19. The van der Waals surface area contributed by atoms with Crippen LogP contribution in [-0.4, -0.2) is 6.26 Å². The van der Waals surface area contributed by atoms with E-state index in [9.17, 15) is 0 Å². The van der Waals surface area contributed by atoms with Gasteiger partial charge in [-0.15, -0.1) is 11.8 Å². The molecule has 0 aliphatic heterocycles. The lowest BCUT2D eigenvalue weighted by atomic mass is 10.1. The first-order valence-electron chi connectivity index (χ1n) is 4.88. The van der Waals surface area contributed by atoms with Gasteiger partial charge in [0.2, 0.25) is 0 Å². The molecule has 0 saturated carbocycles. The molecule has 1 rings (SSSR count). The van der Waals surface area contributed by atoms with Gasteiger partial charge in [0.05, 0.1) is 0 Å². The van der Waals surface area contributed by atoms with Gasteiger partial charge in [0.1, 0.15) is 0 Å². The van der Waals surface area contributed by atoms with Crippen molar-refractivity contribution in [3.8, 4) is 0 Å². The molecule has 0 aliphatic rings. The van der Waals surface area contributed by atoms with Gasteiger partial charge in [-0.1, -0.05) is 55.1 Å². The van der Waals surface area contributed by atoms with Crippen molar-refractivity contribution in [1.29, 1.82) is 0 Å². The van der Waals surface area contributed by atoms with Crippen LogP contribution in [0.1, 0.15) is 12.5 Å². The van der Waals surface area contributed by atoms with Crippen LogP contribution in [0, 0.1) is 0 Å². The number of hydrogen-bond donors (Lipinski definition) is 0. The molecule has 0 heterocycles. The molecular weight excluding hydrogens is 200 g/mol. The molecule has 1 heteroatoms. The van der Waals surface area contributed by atoms with Gasteiger partial charge >= 0.3 is 0 Å². The second-order valence-electron chi connectivity index (χ2n) is 3.17. The zero-order valence-corrected chi connectivity index (χ0v) is 10.1. The summed E-state index contributed by atoms with van der Waals surface area (Å²) in [6, 6.07) is 10.3. The SMILES string of the molecule is C=C/C(=C\C=C(/C)SC)c1ccccc1. The quantitative estimate of drug-likeness (QED) is 0.667. The van der Waals surface area contributed by atoms with Gasteiger partial charge in [-0.05, 0) is 29.2 Å². The van der Waals surface area contributed by atoms with E-state index in [4.69, 9.17) is 0 Å². The van der Waals surface area contributed by atoms with E-state index in [2.05, 4.69) is 44.0 Å². The Labute approximate surface area is 96.4 Å². The third kappa shape index (κ3) is 3.80. The van der Waals surface area contributed by atoms with Gasteiger partial charge in [0.25, 0.3) is 0 Å². The topological polar surface area (TPSA) is 0 Å². The van der Waals surface area contributed by atoms with E-state index in [1.807, 2.05) is 24.3 Å². The lowest BCUT2D eigenvalue weighted by Gasteiger charge is -2.00. The second kappa shape index (κ2) is 6.31. The molecule has 78 valence electrons. The maximum atomic E-state index is 3.84. The minimum atomic E-state index is 1.16. The molecule has 0 aliphatic carbocycles. The fraction of sp³-hybridized carbons (Fsp3) is 0.143. The predicted octanol–water partition coefficient (Wildman–Crippen LogP) is 4.52. The largest absolute Gasteiger partial charge is 0.134 e. The lowest BCUT2D eigenvalue weighted by Crippen LogP contribution is -1.78. The van der Waals surface area contributed by atoms with Crippen LogP contribution in [-0.2, 0) is 0 Å². The van der Waals surface area contributed by atoms with Gasteiger partial charge in [0, 0.05) is 0 Å². The summed E-state index contributed by atoms with van der Waals surface area (Å²) >= 11 is 1.75. The van der Waals surface area contributed by atoms with Crippen molar-refractivity contribution in [2.45, 2.75) is 6.92 Å². The highest BCUT2D eigenvalue weighted by molar-refractivity contribution is 8.02. The minimum Gasteiger partial charge on any atom is -0.134 e. The molecule has 0 spiro atoms. The third-order valence-corrected chi connectivity index (χ3v) is 2.93. The molecule has 1 aromatic rings. The summed E-state index contributed by atoms with van der Waals surface area (Å²) in [4.78, 5) is 1.30.